The molecular formula is C8H12O2. The van der Waals surface area contributed by atoms with Gasteiger partial charge in [0, 0.05) is 12.8 Å². The Bertz CT molecular complexity index is 127. The highest BCUT2D eigenvalue weighted by Gasteiger charge is 2.18. The fourth-order valence-corrected chi connectivity index (χ4v) is 1.49. The Kier molecular flexibility index (Phi) is 1.53. The third-order valence-electron chi connectivity index (χ3n) is 2.00. The van der Waals surface area contributed by atoms with Crippen molar-refractivity contribution in [2.75, 3.05) is 13.2 Å². The van der Waals surface area contributed by atoms with Crippen LogP contribution in [0.15, 0.2) is 11.5 Å². The topological polar surface area (TPSA) is 18.5 Å². The molecule has 2 heteroatoms. The zero-order valence-corrected chi connectivity index (χ0v) is 6.06. The number of allylic oxidation sites excluding steroid dienone is 2. The smallest absolute Gasteiger partial charge is 0.134 e. The summed E-state index contributed by atoms with van der Waals surface area (Å²) in [6, 6.07) is 0. The van der Waals surface area contributed by atoms with Gasteiger partial charge < -0.3 is 9.47 Å². The first-order chi connectivity index (χ1) is 4.97. The number of rotatable bonds is 0. The van der Waals surface area contributed by atoms with E-state index in [4.69, 9.17) is 9.47 Å². The Labute approximate surface area is 60.8 Å². The molecule has 1 aliphatic heterocycles. The summed E-state index contributed by atoms with van der Waals surface area (Å²) < 4.78 is 10.9. The fraction of sp³-hybridized carbons (Fsp3) is 0.750. The molecule has 2 aliphatic rings. The molecule has 0 saturated carbocycles. The van der Waals surface area contributed by atoms with Crippen LogP contribution in [0.3, 0.4) is 0 Å². The largest absolute Gasteiger partial charge is 0.491 e. The van der Waals surface area contributed by atoms with Gasteiger partial charge in [-0.2, -0.15) is 0 Å². The molecule has 2 nitrogen and oxygen atoms in total. The minimum absolute atomic E-state index is 0.749. The van der Waals surface area contributed by atoms with Crippen molar-refractivity contribution in [3.63, 3.8) is 0 Å². The average molecular weight is 140 g/mol. The molecule has 0 aromatic heterocycles. The first-order valence-electron chi connectivity index (χ1n) is 3.94. The molecule has 0 radical (unpaired) electrons. The van der Waals surface area contributed by atoms with Crippen LogP contribution < -0.4 is 0 Å². The van der Waals surface area contributed by atoms with Crippen LogP contribution in [-0.4, -0.2) is 13.2 Å². The van der Waals surface area contributed by atoms with Crippen molar-refractivity contribution < 1.29 is 9.47 Å². The molecule has 0 atom stereocenters. The molecule has 1 heterocycles. The molecular weight excluding hydrogens is 128 g/mol. The predicted octanol–water partition coefficient (Wildman–Crippen LogP) is 1.82. The van der Waals surface area contributed by atoms with Gasteiger partial charge in [0.15, 0.2) is 0 Å². The molecule has 1 aliphatic carbocycles. The summed E-state index contributed by atoms with van der Waals surface area (Å²) in [4.78, 5) is 0. The van der Waals surface area contributed by atoms with Crippen LogP contribution in [0.1, 0.15) is 25.7 Å². The number of hydrogen-bond acceptors (Lipinski definition) is 2. The Morgan fingerprint density at radius 3 is 1.80 bits per heavy atom. The maximum Gasteiger partial charge on any atom is 0.134 e. The van der Waals surface area contributed by atoms with Crippen LogP contribution in [0, 0.1) is 0 Å². The summed E-state index contributed by atoms with van der Waals surface area (Å²) in [5, 5.41) is 0. The molecule has 0 aromatic carbocycles. The summed E-state index contributed by atoms with van der Waals surface area (Å²) in [7, 11) is 0. The molecule has 0 fully saturated rings. The Morgan fingerprint density at radius 2 is 1.30 bits per heavy atom. The van der Waals surface area contributed by atoms with Gasteiger partial charge in [-0.15, -0.1) is 0 Å². The van der Waals surface area contributed by atoms with Gasteiger partial charge in [-0.1, -0.05) is 0 Å². The van der Waals surface area contributed by atoms with Gasteiger partial charge in [-0.3, -0.25) is 0 Å². The van der Waals surface area contributed by atoms with E-state index in [2.05, 4.69) is 0 Å². The van der Waals surface area contributed by atoms with Crippen molar-refractivity contribution in [1.29, 1.82) is 0 Å². The SMILES string of the molecule is C1CCC2=C(C1)OCCO2. The molecule has 0 bridgehead atoms. The lowest BCUT2D eigenvalue weighted by molar-refractivity contribution is 0.0454. The first-order valence-corrected chi connectivity index (χ1v) is 3.94. The lowest BCUT2D eigenvalue weighted by Crippen LogP contribution is -2.16. The highest BCUT2D eigenvalue weighted by atomic mass is 16.6. The maximum absolute atomic E-state index is 5.44. The van der Waals surface area contributed by atoms with Crippen molar-refractivity contribution in [2.24, 2.45) is 0 Å². The van der Waals surface area contributed by atoms with E-state index in [9.17, 15) is 0 Å². The number of ether oxygens (including phenoxy) is 2. The lowest BCUT2D eigenvalue weighted by atomic mass is 10.0. The van der Waals surface area contributed by atoms with Crippen molar-refractivity contribution >= 4 is 0 Å². The normalized spacial score (nSPS) is 24.8. The van der Waals surface area contributed by atoms with Crippen molar-refractivity contribution in [3.8, 4) is 0 Å². The first kappa shape index (κ1) is 6.08. The lowest BCUT2D eigenvalue weighted by Gasteiger charge is -2.25. The van der Waals surface area contributed by atoms with Crippen LogP contribution in [0.4, 0.5) is 0 Å². The summed E-state index contributed by atoms with van der Waals surface area (Å²) >= 11 is 0. The van der Waals surface area contributed by atoms with Crippen LogP contribution >= 0.6 is 0 Å². The zero-order valence-electron chi connectivity index (χ0n) is 6.06. The third kappa shape index (κ3) is 0.981. The van der Waals surface area contributed by atoms with Crippen LogP contribution in [0.5, 0.6) is 0 Å². The van der Waals surface area contributed by atoms with E-state index >= 15 is 0 Å². The predicted molar refractivity (Wildman–Crippen MR) is 37.4 cm³/mol. The van der Waals surface area contributed by atoms with Gasteiger partial charge in [0.2, 0.25) is 0 Å². The quantitative estimate of drug-likeness (QED) is 0.511. The van der Waals surface area contributed by atoms with Crippen molar-refractivity contribution in [1.82, 2.24) is 0 Å². The summed E-state index contributed by atoms with van der Waals surface area (Å²) in [6.07, 6.45) is 4.72. The van der Waals surface area contributed by atoms with Gasteiger partial charge >= 0.3 is 0 Å². The number of hydrogen-bond donors (Lipinski definition) is 0. The Balaban J connectivity index is 2.14. The Morgan fingerprint density at radius 1 is 0.800 bits per heavy atom. The molecule has 0 N–H and O–H groups in total. The van der Waals surface area contributed by atoms with Gasteiger partial charge in [0.05, 0.1) is 0 Å². The van der Waals surface area contributed by atoms with Gasteiger partial charge in [0.25, 0.3) is 0 Å². The van der Waals surface area contributed by atoms with E-state index in [1.807, 2.05) is 0 Å². The van der Waals surface area contributed by atoms with E-state index in [0.717, 1.165) is 37.6 Å². The second kappa shape index (κ2) is 2.52. The molecule has 10 heavy (non-hydrogen) atoms. The highest BCUT2D eigenvalue weighted by Crippen LogP contribution is 2.28. The average Bonchev–Trinajstić information content (AvgIpc) is 2.05. The fourth-order valence-electron chi connectivity index (χ4n) is 1.49. The minimum atomic E-state index is 0.749. The van der Waals surface area contributed by atoms with Crippen molar-refractivity contribution in [3.05, 3.63) is 11.5 Å². The molecule has 0 amide bonds. The van der Waals surface area contributed by atoms with Gasteiger partial charge in [0.1, 0.15) is 24.7 Å². The van der Waals surface area contributed by atoms with E-state index in [1.165, 1.54) is 12.8 Å². The summed E-state index contributed by atoms with van der Waals surface area (Å²) in [5.41, 5.74) is 0. The van der Waals surface area contributed by atoms with Gasteiger partial charge in [-0.05, 0) is 12.8 Å². The monoisotopic (exact) mass is 140 g/mol. The molecule has 0 saturated heterocycles. The second-order valence-corrected chi connectivity index (χ2v) is 2.75. The molecule has 0 spiro atoms. The molecule has 0 aromatic rings. The second-order valence-electron chi connectivity index (χ2n) is 2.75. The van der Waals surface area contributed by atoms with E-state index in [1.54, 1.807) is 0 Å². The maximum atomic E-state index is 5.44. The zero-order chi connectivity index (χ0) is 6.81. The van der Waals surface area contributed by atoms with Crippen molar-refractivity contribution in [2.45, 2.75) is 25.7 Å². The van der Waals surface area contributed by atoms with Crippen LogP contribution in [0.2, 0.25) is 0 Å². The molecule has 0 unspecified atom stereocenters. The molecule has 56 valence electrons. The summed E-state index contributed by atoms with van der Waals surface area (Å²) in [6.45, 7) is 1.50. The standard InChI is InChI=1S/C8H12O2/c1-2-4-8-7(3-1)9-5-6-10-8/h1-6H2. The highest BCUT2D eigenvalue weighted by molar-refractivity contribution is 5.06. The Hall–Kier alpha value is -0.660. The summed E-state index contributed by atoms with van der Waals surface area (Å²) in [5.74, 6) is 2.25. The van der Waals surface area contributed by atoms with Crippen LogP contribution in [0.25, 0.3) is 0 Å². The van der Waals surface area contributed by atoms with E-state index < -0.39 is 0 Å². The third-order valence-corrected chi connectivity index (χ3v) is 2.00. The van der Waals surface area contributed by atoms with E-state index in [0.29, 0.717) is 0 Å². The van der Waals surface area contributed by atoms with E-state index in [-0.39, 0.29) is 0 Å². The molecule has 2 rings (SSSR count). The van der Waals surface area contributed by atoms with Gasteiger partial charge in [-0.25, -0.2) is 0 Å². The minimum Gasteiger partial charge on any atom is -0.491 e. The van der Waals surface area contributed by atoms with Crippen LogP contribution in [-0.2, 0) is 9.47 Å².